The Labute approximate surface area is 220 Å². The highest BCUT2D eigenvalue weighted by Gasteiger charge is 2.32. The van der Waals surface area contributed by atoms with Gasteiger partial charge in [-0.05, 0) is 67.2 Å². The maximum absolute atomic E-state index is 14.1. The summed E-state index contributed by atoms with van der Waals surface area (Å²) in [6.45, 7) is 6.72. The standard InChI is InChI=1S/C28H32N8O2/c1-4-6-10-23-18-35(26-24(20(3)37)11-16-34(26)5-2)27(38)36(23)19-28(12-14-29-15-13-28)22-9-7-8-21(17-22)25-30-32-33-31-25/h7-9,11-18,29H,4-6,10,19H2,1-3H3,(H,30,31,32,33). The summed E-state index contributed by atoms with van der Waals surface area (Å²) >= 11 is 0. The second-order valence-electron chi connectivity index (χ2n) is 9.56. The second-order valence-corrected chi connectivity index (χ2v) is 9.56. The molecule has 1 aromatic carbocycles. The summed E-state index contributed by atoms with van der Waals surface area (Å²) in [6, 6.07) is 9.81. The lowest BCUT2D eigenvalue weighted by molar-refractivity contribution is 0.101. The van der Waals surface area contributed by atoms with Gasteiger partial charge < -0.3 is 9.88 Å². The first-order chi connectivity index (χ1) is 18.5. The molecule has 0 unspecified atom stereocenters. The van der Waals surface area contributed by atoms with Crippen LogP contribution < -0.4 is 11.0 Å². The Balaban J connectivity index is 1.65. The van der Waals surface area contributed by atoms with Crippen LogP contribution in [0.3, 0.4) is 0 Å². The van der Waals surface area contributed by atoms with Crippen LogP contribution in [0.4, 0.5) is 0 Å². The third kappa shape index (κ3) is 4.53. The fourth-order valence-electron chi connectivity index (χ4n) is 5.06. The number of tetrazole rings is 1. The number of ketones is 1. The molecule has 0 bridgehead atoms. The number of hydrogen-bond acceptors (Lipinski definition) is 6. The third-order valence-corrected chi connectivity index (χ3v) is 7.12. The van der Waals surface area contributed by atoms with Gasteiger partial charge in [0.05, 0.1) is 11.0 Å². The maximum Gasteiger partial charge on any atom is 0.334 e. The minimum atomic E-state index is -0.595. The molecule has 10 heteroatoms. The summed E-state index contributed by atoms with van der Waals surface area (Å²) in [5, 5.41) is 17.4. The van der Waals surface area contributed by atoms with E-state index in [1.54, 1.807) is 10.6 Å². The minimum Gasteiger partial charge on any atom is -0.368 e. The zero-order chi connectivity index (χ0) is 26.7. The van der Waals surface area contributed by atoms with Crippen LogP contribution in [0.15, 0.2) is 72.1 Å². The second kappa shape index (κ2) is 10.5. The van der Waals surface area contributed by atoms with E-state index < -0.39 is 5.41 Å². The number of hydrogen-bond donors (Lipinski definition) is 2. The smallest absolute Gasteiger partial charge is 0.334 e. The first-order valence-corrected chi connectivity index (χ1v) is 12.9. The summed E-state index contributed by atoms with van der Waals surface area (Å²) in [4.78, 5) is 26.6. The molecule has 0 aliphatic carbocycles. The number of Topliss-reactive ketones (excluding diaryl/α,β-unsaturated/α-hetero) is 1. The number of dihydropyridines is 1. The van der Waals surface area contributed by atoms with Crippen molar-refractivity contribution in [2.75, 3.05) is 0 Å². The fourth-order valence-corrected chi connectivity index (χ4v) is 5.06. The van der Waals surface area contributed by atoms with Crippen LogP contribution in [-0.4, -0.2) is 40.1 Å². The lowest BCUT2D eigenvalue weighted by Crippen LogP contribution is -2.36. The molecule has 4 heterocycles. The molecule has 0 spiro atoms. The number of imidazole rings is 1. The first kappa shape index (κ1) is 25.2. The molecular weight excluding hydrogens is 480 g/mol. The molecular formula is C28H32N8O2. The van der Waals surface area contributed by atoms with E-state index in [2.05, 4.69) is 51.1 Å². The van der Waals surface area contributed by atoms with Crippen LogP contribution in [0.5, 0.6) is 0 Å². The Morgan fingerprint density at radius 3 is 2.63 bits per heavy atom. The van der Waals surface area contributed by atoms with E-state index in [0.717, 1.165) is 36.1 Å². The van der Waals surface area contributed by atoms with Crippen molar-refractivity contribution >= 4 is 5.78 Å². The highest BCUT2D eigenvalue weighted by molar-refractivity contribution is 5.97. The molecule has 3 aromatic heterocycles. The van der Waals surface area contributed by atoms with Crippen molar-refractivity contribution in [1.82, 2.24) is 39.6 Å². The number of aromatic nitrogens is 7. The fraction of sp³-hybridized carbons (Fsp3) is 0.321. The summed E-state index contributed by atoms with van der Waals surface area (Å²) in [6.07, 6.45) is 14.4. The number of nitrogens with zero attached hydrogens (tertiary/aromatic N) is 6. The highest BCUT2D eigenvalue weighted by Crippen LogP contribution is 2.33. The van der Waals surface area contributed by atoms with E-state index in [1.807, 2.05) is 59.1 Å². The molecule has 0 radical (unpaired) electrons. The number of carbonyl (C=O) groups excluding carboxylic acids is 1. The highest BCUT2D eigenvalue weighted by atomic mass is 16.2. The number of benzene rings is 1. The van der Waals surface area contributed by atoms with Gasteiger partial charge in [0.25, 0.3) is 0 Å². The zero-order valence-electron chi connectivity index (χ0n) is 21.9. The number of carbonyl (C=O) groups is 1. The number of unbranched alkanes of at least 4 members (excludes halogenated alkanes) is 1. The van der Waals surface area contributed by atoms with Crippen LogP contribution in [-0.2, 0) is 24.9 Å². The summed E-state index contributed by atoms with van der Waals surface area (Å²) in [7, 11) is 0. The van der Waals surface area contributed by atoms with Gasteiger partial charge in [-0.2, -0.15) is 0 Å². The van der Waals surface area contributed by atoms with Crippen molar-refractivity contribution in [2.45, 2.75) is 58.5 Å². The average Bonchev–Trinajstić information content (AvgIpc) is 3.68. The van der Waals surface area contributed by atoms with E-state index in [0.29, 0.717) is 30.3 Å². The van der Waals surface area contributed by atoms with Gasteiger partial charge in [-0.15, -0.1) is 5.10 Å². The van der Waals surface area contributed by atoms with Gasteiger partial charge in [0.2, 0.25) is 0 Å². The number of aryl methyl sites for hydroxylation is 2. The van der Waals surface area contributed by atoms with Gasteiger partial charge in [0.15, 0.2) is 11.6 Å². The number of nitrogens with one attached hydrogen (secondary N) is 2. The van der Waals surface area contributed by atoms with Crippen molar-refractivity contribution in [3.63, 3.8) is 0 Å². The molecule has 5 rings (SSSR count). The molecule has 0 saturated carbocycles. The van der Waals surface area contributed by atoms with Gasteiger partial charge in [0.1, 0.15) is 5.82 Å². The number of aromatic amines is 1. The predicted molar refractivity (Wildman–Crippen MR) is 145 cm³/mol. The van der Waals surface area contributed by atoms with E-state index in [1.165, 1.54) is 6.92 Å². The molecule has 0 amide bonds. The molecule has 0 saturated heterocycles. The molecule has 1 aliphatic rings. The van der Waals surface area contributed by atoms with E-state index in [9.17, 15) is 9.59 Å². The Bertz CT molecular complexity index is 1540. The normalized spacial score (nSPS) is 14.1. The Hall–Kier alpha value is -4.47. The molecule has 4 aromatic rings. The van der Waals surface area contributed by atoms with Crippen molar-refractivity contribution in [3.05, 3.63) is 94.6 Å². The molecule has 10 nitrogen and oxygen atoms in total. The van der Waals surface area contributed by atoms with E-state index in [4.69, 9.17) is 0 Å². The van der Waals surface area contributed by atoms with Crippen molar-refractivity contribution < 1.29 is 4.79 Å². The number of H-pyrrole nitrogens is 1. The Kier molecular flexibility index (Phi) is 6.95. The molecule has 38 heavy (non-hydrogen) atoms. The quantitative estimate of drug-likeness (QED) is 0.313. The maximum atomic E-state index is 14.1. The number of rotatable bonds is 10. The molecule has 0 fully saturated rings. The van der Waals surface area contributed by atoms with E-state index >= 15 is 0 Å². The van der Waals surface area contributed by atoms with Crippen LogP contribution in [0.25, 0.3) is 17.2 Å². The Morgan fingerprint density at radius 1 is 1.13 bits per heavy atom. The molecule has 1 aliphatic heterocycles. The summed E-state index contributed by atoms with van der Waals surface area (Å²) in [5.41, 5.74) is 2.57. The third-order valence-electron chi connectivity index (χ3n) is 7.12. The van der Waals surface area contributed by atoms with Crippen LogP contribution in [0.2, 0.25) is 0 Å². The minimum absolute atomic E-state index is 0.0682. The van der Waals surface area contributed by atoms with Gasteiger partial charge >= 0.3 is 5.69 Å². The SMILES string of the molecule is CCCCc1cn(-c2c(C(C)=O)ccn2CC)c(=O)n1CC1(c2cccc(-c3nnn[nH]3)c2)C=CNC=C1. The monoisotopic (exact) mass is 512 g/mol. The lowest BCUT2D eigenvalue weighted by Gasteiger charge is -2.31. The molecule has 0 atom stereocenters. The molecule has 196 valence electrons. The van der Waals surface area contributed by atoms with Crippen LogP contribution in [0.1, 0.15) is 55.2 Å². The van der Waals surface area contributed by atoms with Gasteiger partial charge in [-0.1, -0.05) is 43.7 Å². The average molecular weight is 513 g/mol. The summed E-state index contributed by atoms with van der Waals surface area (Å²) < 4.78 is 5.44. The first-order valence-electron chi connectivity index (χ1n) is 12.9. The number of allylic oxidation sites excluding steroid dienone is 2. The Morgan fingerprint density at radius 2 is 1.95 bits per heavy atom. The van der Waals surface area contributed by atoms with Gasteiger partial charge in [0, 0.05) is 36.7 Å². The van der Waals surface area contributed by atoms with Crippen LogP contribution >= 0.6 is 0 Å². The lowest BCUT2D eigenvalue weighted by atomic mass is 9.78. The predicted octanol–water partition coefficient (Wildman–Crippen LogP) is 3.75. The van der Waals surface area contributed by atoms with Crippen molar-refractivity contribution in [2.24, 2.45) is 0 Å². The molecule has 2 N–H and O–H groups in total. The van der Waals surface area contributed by atoms with Crippen LogP contribution in [0, 0.1) is 0 Å². The summed E-state index contributed by atoms with van der Waals surface area (Å²) in [5.74, 6) is 1.13. The van der Waals surface area contributed by atoms with Crippen molar-refractivity contribution in [3.8, 4) is 17.2 Å². The topological polar surface area (TPSA) is 115 Å². The van der Waals surface area contributed by atoms with Gasteiger partial charge in [-0.3, -0.25) is 13.9 Å². The van der Waals surface area contributed by atoms with Gasteiger partial charge in [-0.25, -0.2) is 9.89 Å². The van der Waals surface area contributed by atoms with Crippen molar-refractivity contribution in [1.29, 1.82) is 0 Å². The largest absolute Gasteiger partial charge is 0.368 e. The van der Waals surface area contributed by atoms with E-state index in [-0.39, 0.29) is 11.5 Å². The zero-order valence-corrected chi connectivity index (χ0v) is 21.9.